The van der Waals surface area contributed by atoms with Gasteiger partial charge in [-0.25, -0.2) is 0 Å². The lowest BCUT2D eigenvalue weighted by Gasteiger charge is -2.02. The molecule has 0 spiro atoms. The van der Waals surface area contributed by atoms with Gasteiger partial charge in [0.2, 0.25) is 0 Å². The van der Waals surface area contributed by atoms with E-state index in [1.54, 1.807) is 19.3 Å². The summed E-state index contributed by atoms with van der Waals surface area (Å²) in [5.41, 5.74) is 2.34. The summed E-state index contributed by atoms with van der Waals surface area (Å²) >= 11 is 0. The van der Waals surface area contributed by atoms with Crippen molar-refractivity contribution in [1.29, 1.82) is 0 Å². The third-order valence-electron chi connectivity index (χ3n) is 2.30. The maximum atomic E-state index is 10.8. The number of hydrogen-bond donors (Lipinski definition) is 2. The Balaban J connectivity index is 2.58. The molecule has 0 amide bonds. The summed E-state index contributed by atoms with van der Waals surface area (Å²) in [4.78, 5) is 17.9. The molecular formula is C10H10N2O2. The van der Waals surface area contributed by atoms with Gasteiger partial charge >= 0.3 is 5.97 Å². The highest BCUT2D eigenvalue weighted by atomic mass is 16.4. The molecule has 4 heteroatoms. The molecular weight excluding hydrogens is 180 g/mol. The molecule has 2 aromatic heterocycles. The van der Waals surface area contributed by atoms with Crippen LogP contribution < -0.4 is 0 Å². The zero-order valence-electron chi connectivity index (χ0n) is 7.69. The van der Waals surface area contributed by atoms with Gasteiger partial charge in [-0.15, -0.1) is 0 Å². The lowest BCUT2D eigenvalue weighted by atomic mass is 10.0. The molecule has 72 valence electrons. The number of aromatic amines is 1. The van der Waals surface area contributed by atoms with Gasteiger partial charge in [0.1, 0.15) is 0 Å². The van der Waals surface area contributed by atoms with E-state index in [1.165, 1.54) is 0 Å². The van der Waals surface area contributed by atoms with Crippen LogP contribution in [-0.4, -0.2) is 21.0 Å². The van der Waals surface area contributed by atoms with Crippen LogP contribution in [-0.2, 0) is 4.79 Å². The first-order valence-corrected chi connectivity index (χ1v) is 4.35. The molecule has 0 fully saturated rings. The minimum Gasteiger partial charge on any atom is -0.481 e. The molecule has 0 bridgehead atoms. The fourth-order valence-electron chi connectivity index (χ4n) is 1.44. The van der Waals surface area contributed by atoms with Gasteiger partial charge < -0.3 is 10.1 Å². The summed E-state index contributed by atoms with van der Waals surface area (Å²) in [7, 11) is 0. The van der Waals surface area contributed by atoms with Crippen LogP contribution >= 0.6 is 0 Å². The predicted octanol–water partition coefficient (Wildman–Crippen LogP) is 1.75. The molecule has 4 nitrogen and oxygen atoms in total. The van der Waals surface area contributed by atoms with Crippen LogP contribution in [0.3, 0.4) is 0 Å². The Morgan fingerprint density at radius 1 is 1.64 bits per heavy atom. The van der Waals surface area contributed by atoms with Gasteiger partial charge in [-0.3, -0.25) is 9.78 Å². The minimum atomic E-state index is -0.837. The van der Waals surface area contributed by atoms with Gasteiger partial charge in [-0.2, -0.15) is 0 Å². The molecule has 2 N–H and O–H groups in total. The molecule has 0 aromatic carbocycles. The monoisotopic (exact) mass is 190 g/mol. The highest BCUT2D eigenvalue weighted by molar-refractivity contribution is 5.86. The van der Waals surface area contributed by atoms with E-state index in [0.29, 0.717) is 0 Å². The van der Waals surface area contributed by atoms with E-state index < -0.39 is 11.9 Å². The van der Waals surface area contributed by atoms with E-state index in [2.05, 4.69) is 9.97 Å². The maximum Gasteiger partial charge on any atom is 0.310 e. The van der Waals surface area contributed by atoms with Crippen LogP contribution in [0, 0.1) is 0 Å². The third-order valence-corrected chi connectivity index (χ3v) is 2.30. The number of nitrogens with one attached hydrogen (secondary N) is 1. The van der Waals surface area contributed by atoms with E-state index >= 15 is 0 Å². The minimum absolute atomic E-state index is 0.529. The average molecular weight is 190 g/mol. The molecule has 0 saturated heterocycles. The number of carboxylic acids is 1. The van der Waals surface area contributed by atoms with Crippen molar-refractivity contribution in [2.75, 3.05) is 0 Å². The summed E-state index contributed by atoms with van der Waals surface area (Å²) in [6, 6.07) is 3.69. The van der Waals surface area contributed by atoms with Crippen molar-refractivity contribution in [3.05, 3.63) is 30.1 Å². The Kier molecular flexibility index (Phi) is 1.96. The molecule has 2 aromatic rings. The first-order chi connectivity index (χ1) is 6.70. The van der Waals surface area contributed by atoms with Crippen molar-refractivity contribution in [1.82, 2.24) is 9.97 Å². The summed E-state index contributed by atoms with van der Waals surface area (Å²) in [6.45, 7) is 1.65. The van der Waals surface area contributed by atoms with Crippen molar-refractivity contribution in [3.63, 3.8) is 0 Å². The lowest BCUT2D eigenvalue weighted by molar-refractivity contribution is -0.138. The second-order valence-electron chi connectivity index (χ2n) is 3.20. The number of rotatable bonds is 2. The Labute approximate surface area is 80.6 Å². The fraction of sp³-hybridized carbons (Fsp3) is 0.200. The Morgan fingerprint density at radius 3 is 3.14 bits per heavy atom. The highest BCUT2D eigenvalue weighted by Gasteiger charge is 2.17. The lowest BCUT2D eigenvalue weighted by Crippen LogP contribution is -2.06. The first kappa shape index (κ1) is 8.74. The number of aromatic nitrogens is 2. The van der Waals surface area contributed by atoms with Crippen LogP contribution in [0.25, 0.3) is 11.0 Å². The number of pyridine rings is 1. The van der Waals surface area contributed by atoms with E-state index in [1.807, 2.05) is 12.1 Å². The number of nitrogens with zero attached hydrogens (tertiary/aromatic N) is 1. The second kappa shape index (κ2) is 3.14. The van der Waals surface area contributed by atoms with Crippen molar-refractivity contribution >= 4 is 17.0 Å². The predicted molar refractivity (Wildman–Crippen MR) is 52.1 cm³/mol. The van der Waals surface area contributed by atoms with Crippen LogP contribution in [0.15, 0.2) is 24.5 Å². The number of fused-ring (bicyclic) bond motifs is 1. The van der Waals surface area contributed by atoms with E-state index in [0.717, 1.165) is 16.6 Å². The Hall–Kier alpha value is -1.84. The van der Waals surface area contributed by atoms with E-state index in [-0.39, 0.29) is 0 Å². The molecule has 0 aliphatic carbocycles. The summed E-state index contributed by atoms with van der Waals surface area (Å²) in [6.07, 6.45) is 3.37. The standard InChI is InChI=1S/C10H10N2O2/c1-6(10(13)14)7-5-12-8-3-2-4-11-9(7)8/h2-6,12H,1H3,(H,13,14). The molecule has 2 heterocycles. The van der Waals surface area contributed by atoms with Crippen molar-refractivity contribution in [2.24, 2.45) is 0 Å². The third kappa shape index (κ3) is 1.25. The molecule has 2 rings (SSSR count). The number of H-pyrrole nitrogens is 1. The Bertz CT molecular complexity index is 476. The normalized spacial score (nSPS) is 12.9. The van der Waals surface area contributed by atoms with Gasteiger partial charge in [0.25, 0.3) is 0 Å². The van der Waals surface area contributed by atoms with Crippen LogP contribution in [0.4, 0.5) is 0 Å². The molecule has 0 saturated carbocycles. The summed E-state index contributed by atoms with van der Waals surface area (Å²) in [5, 5.41) is 8.87. The largest absolute Gasteiger partial charge is 0.481 e. The number of aliphatic carboxylic acids is 1. The maximum absolute atomic E-state index is 10.8. The number of hydrogen-bond acceptors (Lipinski definition) is 2. The SMILES string of the molecule is CC(C(=O)O)c1c[nH]c2cccnc12. The van der Waals surface area contributed by atoms with Gasteiger partial charge in [0.15, 0.2) is 0 Å². The molecule has 0 aliphatic rings. The molecule has 1 unspecified atom stereocenters. The quantitative estimate of drug-likeness (QED) is 0.758. The topological polar surface area (TPSA) is 66.0 Å². The van der Waals surface area contributed by atoms with Crippen LogP contribution in [0.5, 0.6) is 0 Å². The highest BCUT2D eigenvalue weighted by Crippen LogP contribution is 2.23. The smallest absolute Gasteiger partial charge is 0.310 e. The zero-order chi connectivity index (χ0) is 10.1. The Morgan fingerprint density at radius 2 is 2.43 bits per heavy atom. The van der Waals surface area contributed by atoms with Gasteiger partial charge in [-0.05, 0) is 19.1 Å². The first-order valence-electron chi connectivity index (χ1n) is 4.35. The molecule has 1 atom stereocenters. The van der Waals surface area contributed by atoms with E-state index in [4.69, 9.17) is 5.11 Å². The second-order valence-corrected chi connectivity index (χ2v) is 3.20. The summed E-state index contributed by atoms with van der Waals surface area (Å²) in [5.74, 6) is -1.37. The van der Waals surface area contributed by atoms with Crippen LogP contribution in [0.1, 0.15) is 18.4 Å². The fourth-order valence-corrected chi connectivity index (χ4v) is 1.44. The molecule has 14 heavy (non-hydrogen) atoms. The van der Waals surface area contributed by atoms with Gasteiger partial charge in [0, 0.05) is 18.0 Å². The van der Waals surface area contributed by atoms with Crippen LogP contribution in [0.2, 0.25) is 0 Å². The number of carboxylic acid groups (broad SMARTS) is 1. The zero-order valence-corrected chi connectivity index (χ0v) is 7.69. The van der Waals surface area contributed by atoms with Crippen molar-refractivity contribution in [3.8, 4) is 0 Å². The number of carbonyl (C=O) groups is 1. The molecule has 0 aliphatic heterocycles. The van der Waals surface area contributed by atoms with Crippen molar-refractivity contribution < 1.29 is 9.90 Å². The van der Waals surface area contributed by atoms with Gasteiger partial charge in [-0.1, -0.05) is 0 Å². The van der Waals surface area contributed by atoms with Crippen molar-refractivity contribution in [2.45, 2.75) is 12.8 Å². The average Bonchev–Trinajstić information content (AvgIpc) is 2.60. The summed E-state index contributed by atoms with van der Waals surface area (Å²) < 4.78 is 0. The molecule has 0 radical (unpaired) electrons. The van der Waals surface area contributed by atoms with E-state index in [9.17, 15) is 4.79 Å². The van der Waals surface area contributed by atoms with Gasteiger partial charge in [0.05, 0.1) is 17.0 Å².